The van der Waals surface area contributed by atoms with Crippen LogP contribution in [0, 0.1) is 0 Å². The van der Waals surface area contributed by atoms with Crippen LogP contribution in [-0.4, -0.2) is 23.2 Å². The molecule has 17 heavy (non-hydrogen) atoms. The molecule has 8 heteroatoms. The van der Waals surface area contributed by atoms with Crippen LogP contribution in [0.2, 0.25) is 0 Å². The number of aromatic carboxylic acids is 1. The second-order valence-electron chi connectivity index (χ2n) is 2.46. The van der Waals surface area contributed by atoms with Crippen LogP contribution < -0.4 is 34.7 Å². The summed E-state index contributed by atoms with van der Waals surface area (Å²) in [5.74, 6) is -3.89. The third kappa shape index (κ3) is 8.73. The van der Waals surface area contributed by atoms with E-state index < -0.39 is 18.1 Å². The van der Waals surface area contributed by atoms with Gasteiger partial charge in [0.2, 0.25) is 0 Å². The van der Waals surface area contributed by atoms with Crippen LogP contribution in [0.3, 0.4) is 0 Å². The van der Waals surface area contributed by atoms with Crippen LogP contribution in [-0.2, 0) is 4.79 Å². The van der Waals surface area contributed by atoms with E-state index in [1.54, 1.807) is 30.3 Å². The Labute approximate surface area is 116 Å². The molecule has 0 saturated heterocycles. The third-order valence-electron chi connectivity index (χ3n) is 1.25. The summed E-state index contributed by atoms with van der Waals surface area (Å²) < 4.78 is 31.5. The maximum absolute atomic E-state index is 10.5. The Balaban J connectivity index is 0. The number of carbonyl (C=O) groups excluding carboxylic acids is 1. The molecule has 0 aromatic heterocycles. The van der Waals surface area contributed by atoms with Crippen molar-refractivity contribution in [1.29, 1.82) is 0 Å². The summed E-state index contributed by atoms with van der Waals surface area (Å²) in [4.78, 5) is 19.0. The summed E-state index contributed by atoms with van der Waals surface area (Å²) in [6, 6.07) is 8.30. The zero-order valence-electron chi connectivity index (χ0n) is 8.69. The molecule has 0 saturated carbocycles. The molecule has 88 valence electrons. The molecule has 0 heterocycles. The minimum absolute atomic E-state index is 0. The van der Waals surface area contributed by atoms with E-state index in [9.17, 15) is 18.0 Å². The monoisotopic (exact) mass is 258 g/mol. The van der Waals surface area contributed by atoms with E-state index in [0.29, 0.717) is 5.56 Å². The van der Waals surface area contributed by atoms with Crippen LogP contribution in [0.4, 0.5) is 13.2 Å². The van der Waals surface area contributed by atoms with Gasteiger partial charge in [0.05, 0.1) is 5.56 Å². The number of alkyl halides is 3. The van der Waals surface area contributed by atoms with Crippen LogP contribution in [0.15, 0.2) is 30.3 Å². The average Bonchev–Trinajstić information content (AvgIpc) is 2.18. The Bertz CT molecular complexity index is 364. The summed E-state index contributed by atoms with van der Waals surface area (Å²) in [5, 5.41) is 17.2. The van der Waals surface area contributed by atoms with Crippen molar-refractivity contribution in [2.45, 2.75) is 6.18 Å². The van der Waals surface area contributed by atoms with Crippen molar-refractivity contribution < 1.29 is 62.5 Å². The second kappa shape index (κ2) is 8.10. The van der Waals surface area contributed by atoms with Gasteiger partial charge in [0.25, 0.3) is 0 Å². The first-order valence-electron chi connectivity index (χ1n) is 3.81. The fourth-order valence-corrected chi connectivity index (χ4v) is 0.581. The summed E-state index contributed by atoms with van der Waals surface area (Å²) in [5.41, 5.74) is 0.331. The number of hydrogen-bond donors (Lipinski definition) is 1. The van der Waals surface area contributed by atoms with E-state index in [0.717, 1.165) is 0 Å². The van der Waals surface area contributed by atoms with Gasteiger partial charge in [-0.2, -0.15) is 13.2 Å². The minimum atomic E-state index is -5.19. The zero-order chi connectivity index (χ0) is 12.8. The molecular weight excluding hydrogens is 252 g/mol. The Hall–Kier alpha value is -1.05. The van der Waals surface area contributed by atoms with E-state index in [4.69, 9.17) is 15.0 Å². The molecule has 0 atom stereocenters. The molecule has 0 aliphatic rings. The Morgan fingerprint density at radius 1 is 1.12 bits per heavy atom. The second-order valence-corrected chi connectivity index (χ2v) is 2.46. The van der Waals surface area contributed by atoms with Gasteiger partial charge in [-0.05, 0) is 12.1 Å². The van der Waals surface area contributed by atoms with Gasteiger partial charge >= 0.3 is 41.7 Å². The van der Waals surface area contributed by atoms with Gasteiger partial charge in [0.15, 0.2) is 0 Å². The molecule has 0 amide bonds. The Kier molecular flexibility index (Phi) is 8.73. The predicted octanol–water partition coefficient (Wildman–Crippen LogP) is -2.31. The summed E-state index contributed by atoms with van der Waals surface area (Å²) in [6.07, 6.45) is -5.19. The van der Waals surface area contributed by atoms with Crippen molar-refractivity contribution in [3.05, 3.63) is 35.9 Å². The predicted molar refractivity (Wildman–Crippen MR) is 44.5 cm³/mol. The van der Waals surface area contributed by atoms with Crippen molar-refractivity contribution in [1.82, 2.24) is 0 Å². The number of aliphatic carboxylic acids is 1. The van der Waals surface area contributed by atoms with Gasteiger partial charge in [-0.3, -0.25) is 0 Å². The summed E-state index contributed by atoms with van der Waals surface area (Å²) >= 11 is 0. The maximum atomic E-state index is 10.5. The van der Waals surface area contributed by atoms with Gasteiger partial charge in [-0.1, -0.05) is 18.2 Å². The fraction of sp³-hybridized carbons (Fsp3) is 0.111. The number of benzene rings is 1. The number of hydrogen-bond acceptors (Lipinski definition) is 3. The first-order valence-corrected chi connectivity index (χ1v) is 3.81. The first kappa shape index (κ1) is 18.3. The number of carbonyl (C=O) groups is 2. The normalized spacial score (nSPS) is 9.35. The number of carboxylic acid groups (broad SMARTS) is 2. The molecule has 4 nitrogen and oxygen atoms in total. The first-order chi connectivity index (χ1) is 7.25. The molecule has 0 aliphatic carbocycles. The molecule has 1 rings (SSSR count). The number of halogens is 3. The van der Waals surface area contributed by atoms with Crippen molar-refractivity contribution in [2.24, 2.45) is 0 Å². The van der Waals surface area contributed by atoms with Crippen LogP contribution in [0.5, 0.6) is 0 Å². The molecule has 0 fully saturated rings. The molecule has 1 aromatic rings. The van der Waals surface area contributed by atoms with Gasteiger partial charge in [0.1, 0.15) is 5.97 Å². The molecule has 0 unspecified atom stereocenters. The largest absolute Gasteiger partial charge is 1.00 e. The number of carboxylic acids is 2. The summed E-state index contributed by atoms with van der Waals surface area (Å²) in [6.45, 7) is 0. The molecule has 0 radical (unpaired) electrons. The standard InChI is InChI=1S/C7H6O2.C2HF3O2.Na/c8-7(9)6-4-2-1-3-5-6;3-2(4,5)1(6)7;/h1-5H,(H,8,9);(H,6,7);/q;;+1/p-1. The van der Waals surface area contributed by atoms with Gasteiger partial charge < -0.3 is 15.0 Å². The van der Waals surface area contributed by atoms with E-state index in [2.05, 4.69) is 0 Å². The van der Waals surface area contributed by atoms with Crippen molar-refractivity contribution in [3.8, 4) is 0 Å². The van der Waals surface area contributed by atoms with Crippen molar-refractivity contribution in [2.75, 3.05) is 0 Å². The average molecular weight is 258 g/mol. The molecule has 1 aromatic carbocycles. The molecule has 0 aliphatic heterocycles. The Morgan fingerprint density at radius 3 is 1.65 bits per heavy atom. The quantitative estimate of drug-likeness (QED) is 0.574. The molecular formula is C9H6F3NaO4. The van der Waals surface area contributed by atoms with Crippen molar-refractivity contribution >= 4 is 11.9 Å². The zero-order valence-corrected chi connectivity index (χ0v) is 10.7. The van der Waals surface area contributed by atoms with Crippen LogP contribution in [0.25, 0.3) is 0 Å². The van der Waals surface area contributed by atoms with Gasteiger partial charge in [-0.25, -0.2) is 4.79 Å². The van der Waals surface area contributed by atoms with Gasteiger partial charge in [-0.15, -0.1) is 0 Å². The van der Waals surface area contributed by atoms with E-state index >= 15 is 0 Å². The van der Waals surface area contributed by atoms with Crippen molar-refractivity contribution in [3.63, 3.8) is 0 Å². The smallest absolute Gasteiger partial charge is 0.542 e. The van der Waals surface area contributed by atoms with Crippen LogP contribution in [0.1, 0.15) is 10.4 Å². The molecule has 0 bridgehead atoms. The molecule has 1 N–H and O–H groups in total. The fourth-order valence-electron chi connectivity index (χ4n) is 0.581. The Morgan fingerprint density at radius 2 is 1.47 bits per heavy atom. The SMILES string of the molecule is O=C(O)c1ccccc1.O=C([O-])C(F)(F)F.[Na+]. The minimum Gasteiger partial charge on any atom is -0.542 e. The number of rotatable bonds is 1. The third-order valence-corrected chi connectivity index (χ3v) is 1.25. The van der Waals surface area contributed by atoms with E-state index in [1.807, 2.05) is 0 Å². The summed E-state index contributed by atoms with van der Waals surface area (Å²) in [7, 11) is 0. The van der Waals surface area contributed by atoms with E-state index in [-0.39, 0.29) is 29.6 Å². The molecule has 0 spiro atoms. The van der Waals surface area contributed by atoms with Gasteiger partial charge in [0, 0.05) is 0 Å². The van der Waals surface area contributed by atoms with Crippen LogP contribution >= 0.6 is 0 Å². The topological polar surface area (TPSA) is 77.4 Å². The maximum Gasteiger partial charge on any atom is 1.00 e. The van der Waals surface area contributed by atoms with E-state index in [1.165, 1.54) is 0 Å².